The molecule has 0 aromatic heterocycles. The largest absolute Gasteiger partial charge is 0.497 e. The van der Waals surface area contributed by atoms with E-state index < -0.39 is 0 Å². The van der Waals surface area contributed by atoms with Gasteiger partial charge in [0, 0.05) is 5.56 Å². The molecule has 0 aliphatic heterocycles. The fraction of sp³-hybridized carbons (Fsp3) is 0.400. The Morgan fingerprint density at radius 3 is 2.43 bits per heavy atom. The SMILES string of the molecule is COc1ccc(OC)c(C(C)ON)c1. The van der Waals surface area contributed by atoms with Gasteiger partial charge in [0.25, 0.3) is 0 Å². The Kier molecular flexibility index (Phi) is 3.73. The number of ether oxygens (including phenoxy) is 2. The van der Waals surface area contributed by atoms with Crippen LogP contribution in [-0.2, 0) is 4.84 Å². The van der Waals surface area contributed by atoms with Crippen LogP contribution in [0.5, 0.6) is 11.5 Å². The molecule has 1 atom stereocenters. The fourth-order valence-electron chi connectivity index (χ4n) is 1.23. The van der Waals surface area contributed by atoms with Crippen molar-refractivity contribution in [3.05, 3.63) is 23.8 Å². The maximum atomic E-state index is 5.18. The molecule has 0 heterocycles. The summed E-state index contributed by atoms with van der Waals surface area (Å²) in [6, 6.07) is 5.49. The summed E-state index contributed by atoms with van der Waals surface area (Å²) >= 11 is 0. The summed E-state index contributed by atoms with van der Waals surface area (Å²) in [6.45, 7) is 1.84. The standard InChI is InChI=1S/C10H15NO3/c1-7(14-11)9-6-8(12-2)4-5-10(9)13-3/h4-7H,11H2,1-3H3. The van der Waals surface area contributed by atoms with E-state index in [1.54, 1.807) is 14.2 Å². The molecule has 0 bridgehead atoms. The molecule has 0 saturated carbocycles. The van der Waals surface area contributed by atoms with Crippen LogP contribution in [0.25, 0.3) is 0 Å². The van der Waals surface area contributed by atoms with Crippen molar-refractivity contribution in [3.8, 4) is 11.5 Å². The smallest absolute Gasteiger partial charge is 0.125 e. The van der Waals surface area contributed by atoms with E-state index in [1.807, 2.05) is 25.1 Å². The van der Waals surface area contributed by atoms with Crippen LogP contribution in [-0.4, -0.2) is 14.2 Å². The van der Waals surface area contributed by atoms with E-state index in [1.165, 1.54) is 0 Å². The molecular weight excluding hydrogens is 182 g/mol. The van der Waals surface area contributed by atoms with Gasteiger partial charge in [0.15, 0.2) is 0 Å². The first-order chi connectivity index (χ1) is 6.72. The van der Waals surface area contributed by atoms with Crippen molar-refractivity contribution in [2.45, 2.75) is 13.0 Å². The van der Waals surface area contributed by atoms with Crippen LogP contribution in [0.2, 0.25) is 0 Å². The van der Waals surface area contributed by atoms with Crippen molar-refractivity contribution in [1.82, 2.24) is 0 Å². The lowest BCUT2D eigenvalue weighted by atomic mass is 10.1. The van der Waals surface area contributed by atoms with Gasteiger partial charge in [-0.25, -0.2) is 5.90 Å². The summed E-state index contributed by atoms with van der Waals surface area (Å²) in [5.41, 5.74) is 0.870. The second-order valence-corrected chi connectivity index (χ2v) is 2.89. The van der Waals surface area contributed by atoms with Crippen molar-refractivity contribution in [2.24, 2.45) is 5.90 Å². The molecule has 4 heteroatoms. The molecule has 0 aliphatic carbocycles. The molecule has 78 valence electrons. The van der Waals surface area contributed by atoms with E-state index in [0.29, 0.717) is 0 Å². The Hall–Kier alpha value is -1.26. The number of nitrogens with two attached hydrogens (primary N) is 1. The summed E-state index contributed by atoms with van der Waals surface area (Å²) in [4.78, 5) is 4.74. The molecule has 1 rings (SSSR count). The number of methoxy groups -OCH3 is 2. The Morgan fingerprint density at radius 1 is 1.21 bits per heavy atom. The van der Waals surface area contributed by atoms with Crippen molar-refractivity contribution < 1.29 is 14.3 Å². The highest BCUT2D eigenvalue weighted by molar-refractivity contribution is 5.41. The highest BCUT2D eigenvalue weighted by Gasteiger charge is 2.12. The lowest BCUT2D eigenvalue weighted by Crippen LogP contribution is -2.07. The van der Waals surface area contributed by atoms with E-state index in [4.69, 9.17) is 20.2 Å². The molecule has 0 fully saturated rings. The maximum Gasteiger partial charge on any atom is 0.125 e. The van der Waals surface area contributed by atoms with E-state index in [-0.39, 0.29) is 6.10 Å². The van der Waals surface area contributed by atoms with Crippen molar-refractivity contribution in [2.75, 3.05) is 14.2 Å². The quantitative estimate of drug-likeness (QED) is 0.746. The van der Waals surface area contributed by atoms with Crippen LogP contribution in [0.4, 0.5) is 0 Å². The summed E-state index contributed by atoms with van der Waals surface area (Å²) in [7, 11) is 3.22. The van der Waals surface area contributed by atoms with Crippen LogP contribution in [0.15, 0.2) is 18.2 Å². The van der Waals surface area contributed by atoms with Gasteiger partial charge >= 0.3 is 0 Å². The molecule has 2 N–H and O–H groups in total. The average Bonchev–Trinajstić information content (AvgIpc) is 2.27. The van der Waals surface area contributed by atoms with E-state index in [2.05, 4.69) is 0 Å². The molecule has 4 nitrogen and oxygen atoms in total. The van der Waals surface area contributed by atoms with Crippen LogP contribution >= 0.6 is 0 Å². The zero-order chi connectivity index (χ0) is 10.6. The minimum Gasteiger partial charge on any atom is -0.497 e. The minimum atomic E-state index is -0.222. The molecular formula is C10H15NO3. The lowest BCUT2D eigenvalue weighted by molar-refractivity contribution is 0.0644. The molecule has 0 amide bonds. The zero-order valence-electron chi connectivity index (χ0n) is 8.61. The Balaban J connectivity index is 3.08. The Labute approximate surface area is 83.5 Å². The number of benzene rings is 1. The van der Waals surface area contributed by atoms with Gasteiger partial charge < -0.3 is 9.47 Å². The van der Waals surface area contributed by atoms with Gasteiger partial charge in [-0.1, -0.05) is 0 Å². The minimum absolute atomic E-state index is 0.222. The van der Waals surface area contributed by atoms with Crippen LogP contribution in [0.3, 0.4) is 0 Å². The first-order valence-electron chi connectivity index (χ1n) is 4.30. The molecule has 0 aliphatic rings. The summed E-state index contributed by atoms with van der Waals surface area (Å²) in [5.74, 6) is 6.62. The molecule has 1 aromatic rings. The average molecular weight is 197 g/mol. The van der Waals surface area contributed by atoms with Crippen LogP contribution in [0, 0.1) is 0 Å². The van der Waals surface area contributed by atoms with E-state index in [9.17, 15) is 0 Å². The molecule has 0 radical (unpaired) electrons. The summed E-state index contributed by atoms with van der Waals surface area (Å²) in [6.07, 6.45) is -0.222. The third-order valence-electron chi connectivity index (χ3n) is 2.08. The summed E-state index contributed by atoms with van der Waals surface area (Å²) in [5, 5.41) is 0. The van der Waals surface area contributed by atoms with Gasteiger partial charge in [-0.15, -0.1) is 0 Å². The third-order valence-corrected chi connectivity index (χ3v) is 2.08. The zero-order valence-corrected chi connectivity index (χ0v) is 8.61. The molecule has 14 heavy (non-hydrogen) atoms. The fourth-order valence-corrected chi connectivity index (χ4v) is 1.23. The van der Waals surface area contributed by atoms with Crippen molar-refractivity contribution in [3.63, 3.8) is 0 Å². The number of hydrogen-bond donors (Lipinski definition) is 1. The van der Waals surface area contributed by atoms with Gasteiger partial charge in [-0.2, -0.15) is 0 Å². The normalized spacial score (nSPS) is 12.3. The molecule has 1 unspecified atom stereocenters. The van der Waals surface area contributed by atoms with Gasteiger partial charge in [0.2, 0.25) is 0 Å². The van der Waals surface area contributed by atoms with Gasteiger partial charge in [-0.05, 0) is 25.1 Å². The number of hydrogen-bond acceptors (Lipinski definition) is 4. The second kappa shape index (κ2) is 4.83. The Bertz CT molecular complexity index is 301. The van der Waals surface area contributed by atoms with E-state index in [0.717, 1.165) is 17.1 Å². The van der Waals surface area contributed by atoms with Gasteiger partial charge in [-0.3, -0.25) is 4.84 Å². The van der Waals surface area contributed by atoms with Crippen LogP contribution < -0.4 is 15.4 Å². The van der Waals surface area contributed by atoms with Crippen molar-refractivity contribution in [1.29, 1.82) is 0 Å². The molecule has 0 spiro atoms. The highest BCUT2D eigenvalue weighted by atomic mass is 16.6. The van der Waals surface area contributed by atoms with E-state index >= 15 is 0 Å². The monoisotopic (exact) mass is 197 g/mol. The predicted octanol–water partition coefficient (Wildman–Crippen LogP) is 1.66. The molecule has 0 saturated heterocycles. The second-order valence-electron chi connectivity index (χ2n) is 2.89. The predicted molar refractivity (Wildman–Crippen MR) is 53.2 cm³/mol. The first-order valence-corrected chi connectivity index (χ1v) is 4.30. The summed E-state index contributed by atoms with van der Waals surface area (Å²) < 4.78 is 10.3. The van der Waals surface area contributed by atoms with Gasteiger partial charge in [0.05, 0.1) is 14.2 Å². The lowest BCUT2D eigenvalue weighted by Gasteiger charge is -2.14. The first kappa shape index (κ1) is 10.8. The van der Waals surface area contributed by atoms with Crippen LogP contribution in [0.1, 0.15) is 18.6 Å². The molecule has 1 aromatic carbocycles. The Morgan fingerprint density at radius 2 is 1.93 bits per heavy atom. The maximum absolute atomic E-state index is 5.18. The highest BCUT2D eigenvalue weighted by Crippen LogP contribution is 2.30. The number of rotatable bonds is 4. The third kappa shape index (κ3) is 2.16. The van der Waals surface area contributed by atoms with Crippen molar-refractivity contribution >= 4 is 0 Å². The topological polar surface area (TPSA) is 53.7 Å². The van der Waals surface area contributed by atoms with Gasteiger partial charge in [0.1, 0.15) is 17.6 Å².